The number of halogens is 2. The van der Waals surface area contributed by atoms with Crippen LogP contribution >= 0.6 is 22.9 Å². The Bertz CT molecular complexity index is 530. The van der Waals surface area contributed by atoms with Gasteiger partial charge in [-0.25, -0.2) is 9.37 Å². The van der Waals surface area contributed by atoms with E-state index in [1.807, 2.05) is 12.3 Å². The number of benzene rings is 1. The molecule has 0 saturated heterocycles. The van der Waals surface area contributed by atoms with E-state index in [1.165, 1.54) is 12.1 Å². The number of aromatic nitrogens is 1. The summed E-state index contributed by atoms with van der Waals surface area (Å²) in [4.78, 5) is 4.25. The van der Waals surface area contributed by atoms with E-state index >= 15 is 0 Å². The molecule has 1 aromatic carbocycles. The van der Waals surface area contributed by atoms with Crippen molar-refractivity contribution in [1.82, 2.24) is 4.98 Å². The van der Waals surface area contributed by atoms with E-state index in [1.54, 1.807) is 17.5 Å². The van der Waals surface area contributed by atoms with E-state index < -0.39 is 5.82 Å². The van der Waals surface area contributed by atoms with E-state index in [0.29, 0.717) is 11.4 Å². The van der Waals surface area contributed by atoms with Gasteiger partial charge in [-0.2, -0.15) is 0 Å². The van der Waals surface area contributed by atoms with Gasteiger partial charge in [0.2, 0.25) is 0 Å². The Labute approximate surface area is 114 Å². The van der Waals surface area contributed by atoms with Gasteiger partial charge in [0, 0.05) is 17.6 Å². The Balaban J connectivity index is 2.25. The molecule has 0 aliphatic heterocycles. The molecule has 6 heteroatoms. The molecule has 0 aliphatic carbocycles. The largest absolute Gasteiger partial charge is 0.397 e. The molecule has 0 radical (unpaired) electrons. The first-order chi connectivity index (χ1) is 8.61. The summed E-state index contributed by atoms with van der Waals surface area (Å²) >= 11 is 7.22. The Morgan fingerprint density at radius 3 is 2.94 bits per heavy atom. The first-order valence-electron chi connectivity index (χ1n) is 5.52. The lowest BCUT2D eigenvalue weighted by atomic mass is 10.2. The van der Waals surface area contributed by atoms with E-state index in [-0.39, 0.29) is 11.1 Å². The summed E-state index contributed by atoms with van der Waals surface area (Å²) in [7, 11) is 0. The summed E-state index contributed by atoms with van der Waals surface area (Å²) in [5.41, 5.74) is 6.78. The van der Waals surface area contributed by atoms with Gasteiger partial charge in [-0.1, -0.05) is 18.5 Å². The van der Waals surface area contributed by atoms with Gasteiger partial charge in [-0.05, 0) is 12.5 Å². The van der Waals surface area contributed by atoms with Crippen molar-refractivity contribution in [3.63, 3.8) is 0 Å². The summed E-state index contributed by atoms with van der Waals surface area (Å²) in [5.74, 6) is -0.484. The Hall–Kier alpha value is -1.33. The van der Waals surface area contributed by atoms with Crippen LogP contribution in [0.25, 0.3) is 0 Å². The summed E-state index contributed by atoms with van der Waals surface area (Å²) in [6.45, 7) is 2.03. The zero-order valence-corrected chi connectivity index (χ0v) is 11.4. The van der Waals surface area contributed by atoms with Crippen molar-refractivity contribution >= 4 is 34.3 Å². The van der Waals surface area contributed by atoms with Crippen molar-refractivity contribution in [2.45, 2.75) is 19.4 Å². The van der Waals surface area contributed by atoms with Gasteiger partial charge in [0.05, 0.1) is 22.4 Å². The van der Waals surface area contributed by atoms with Gasteiger partial charge >= 0.3 is 0 Å². The molecule has 1 unspecified atom stereocenters. The summed E-state index contributed by atoms with van der Waals surface area (Å²) in [6, 6.07) is 2.75. The highest BCUT2D eigenvalue weighted by molar-refractivity contribution is 7.09. The van der Waals surface area contributed by atoms with Crippen molar-refractivity contribution in [1.29, 1.82) is 0 Å². The second-order valence-electron chi connectivity index (χ2n) is 3.83. The fourth-order valence-electron chi connectivity index (χ4n) is 1.62. The zero-order chi connectivity index (χ0) is 13.1. The second kappa shape index (κ2) is 5.54. The molecule has 3 N–H and O–H groups in total. The molecule has 2 aromatic rings. The molecule has 0 fully saturated rings. The number of rotatable bonds is 4. The Kier molecular flexibility index (Phi) is 4.04. The molecule has 0 bridgehead atoms. The van der Waals surface area contributed by atoms with Crippen LogP contribution in [0.3, 0.4) is 0 Å². The Morgan fingerprint density at radius 2 is 2.33 bits per heavy atom. The topological polar surface area (TPSA) is 50.9 Å². The highest BCUT2D eigenvalue weighted by atomic mass is 35.5. The molecule has 2 rings (SSSR count). The zero-order valence-electron chi connectivity index (χ0n) is 9.78. The minimum absolute atomic E-state index is 0.0212. The molecule has 96 valence electrons. The Morgan fingerprint density at radius 1 is 1.56 bits per heavy atom. The molecular weight excluding hydrogens is 273 g/mol. The van der Waals surface area contributed by atoms with Crippen LogP contribution in [0.4, 0.5) is 15.8 Å². The predicted octanol–water partition coefficient (Wildman–Crippen LogP) is 4.08. The lowest BCUT2D eigenvalue weighted by Crippen LogP contribution is -2.11. The highest BCUT2D eigenvalue weighted by Gasteiger charge is 2.14. The van der Waals surface area contributed by atoms with Crippen LogP contribution in [-0.4, -0.2) is 4.98 Å². The van der Waals surface area contributed by atoms with Gasteiger partial charge < -0.3 is 11.1 Å². The number of nitrogens with one attached hydrogen (secondary N) is 1. The average molecular weight is 286 g/mol. The van der Waals surface area contributed by atoms with Gasteiger partial charge in [0.15, 0.2) is 0 Å². The molecule has 1 atom stereocenters. The van der Waals surface area contributed by atoms with E-state index in [0.717, 1.165) is 11.4 Å². The van der Waals surface area contributed by atoms with Crippen molar-refractivity contribution < 1.29 is 4.39 Å². The quantitative estimate of drug-likeness (QED) is 0.832. The SMILES string of the molecule is CCC(Nc1cc(F)c(Cl)cc1N)c1nccs1. The monoisotopic (exact) mass is 285 g/mol. The molecule has 3 nitrogen and oxygen atoms in total. The number of anilines is 2. The number of nitrogens with two attached hydrogens (primary N) is 1. The summed E-state index contributed by atoms with van der Waals surface area (Å²) in [6.07, 6.45) is 2.58. The first kappa shape index (κ1) is 13.1. The standard InChI is InChI=1S/C12H13ClFN3S/c1-2-10(12-16-3-4-18-12)17-11-6-8(14)7(13)5-9(11)15/h3-6,10,17H,2,15H2,1H3. The second-order valence-corrected chi connectivity index (χ2v) is 5.16. The van der Waals surface area contributed by atoms with Crippen molar-refractivity contribution in [2.24, 2.45) is 0 Å². The van der Waals surface area contributed by atoms with Crippen LogP contribution in [-0.2, 0) is 0 Å². The predicted molar refractivity (Wildman–Crippen MR) is 74.6 cm³/mol. The van der Waals surface area contributed by atoms with Crippen LogP contribution in [0.5, 0.6) is 0 Å². The van der Waals surface area contributed by atoms with Crippen LogP contribution in [0.1, 0.15) is 24.4 Å². The molecule has 18 heavy (non-hydrogen) atoms. The minimum Gasteiger partial charge on any atom is -0.397 e. The molecule has 0 saturated carbocycles. The summed E-state index contributed by atoms with van der Waals surface area (Å²) < 4.78 is 13.4. The molecule has 0 aliphatic rings. The number of nitrogen functional groups attached to an aromatic ring is 1. The third-order valence-electron chi connectivity index (χ3n) is 2.58. The van der Waals surface area contributed by atoms with E-state index in [9.17, 15) is 4.39 Å². The lowest BCUT2D eigenvalue weighted by Gasteiger charge is -2.17. The number of hydrogen-bond donors (Lipinski definition) is 2. The van der Waals surface area contributed by atoms with Gasteiger partial charge in [-0.15, -0.1) is 11.3 Å². The first-order valence-corrected chi connectivity index (χ1v) is 6.78. The molecular formula is C12H13ClFN3S. The fraction of sp³-hybridized carbons (Fsp3) is 0.250. The van der Waals surface area contributed by atoms with Crippen molar-refractivity contribution in [2.75, 3.05) is 11.1 Å². The third kappa shape index (κ3) is 2.73. The van der Waals surface area contributed by atoms with Crippen LogP contribution in [0.2, 0.25) is 5.02 Å². The van der Waals surface area contributed by atoms with Gasteiger partial charge in [0.1, 0.15) is 10.8 Å². The maximum atomic E-state index is 13.4. The van der Waals surface area contributed by atoms with Crippen molar-refractivity contribution in [3.05, 3.63) is 39.6 Å². The van der Waals surface area contributed by atoms with Crippen molar-refractivity contribution in [3.8, 4) is 0 Å². The highest BCUT2D eigenvalue weighted by Crippen LogP contribution is 2.30. The molecule has 0 spiro atoms. The maximum absolute atomic E-state index is 13.4. The van der Waals surface area contributed by atoms with E-state index in [2.05, 4.69) is 10.3 Å². The third-order valence-corrected chi connectivity index (χ3v) is 3.76. The summed E-state index contributed by atoms with van der Waals surface area (Å²) in [5, 5.41) is 6.08. The number of nitrogens with zero attached hydrogens (tertiary/aromatic N) is 1. The van der Waals surface area contributed by atoms with Gasteiger partial charge in [-0.3, -0.25) is 0 Å². The van der Waals surface area contributed by atoms with Crippen LogP contribution in [0, 0.1) is 5.82 Å². The number of thiazole rings is 1. The lowest BCUT2D eigenvalue weighted by molar-refractivity contribution is 0.628. The van der Waals surface area contributed by atoms with E-state index in [4.69, 9.17) is 17.3 Å². The average Bonchev–Trinajstić information content (AvgIpc) is 2.85. The van der Waals surface area contributed by atoms with Crippen LogP contribution < -0.4 is 11.1 Å². The van der Waals surface area contributed by atoms with Gasteiger partial charge in [0.25, 0.3) is 0 Å². The number of hydrogen-bond acceptors (Lipinski definition) is 4. The molecule has 1 heterocycles. The smallest absolute Gasteiger partial charge is 0.143 e. The molecule has 1 aromatic heterocycles. The maximum Gasteiger partial charge on any atom is 0.143 e. The minimum atomic E-state index is -0.484. The van der Waals surface area contributed by atoms with Crippen LogP contribution in [0.15, 0.2) is 23.7 Å². The fourth-order valence-corrected chi connectivity index (χ4v) is 2.56. The normalized spacial score (nSPS) is 12.4. The molecule has 0 amide bonds.